The van der Waals surface area contributed by atoms with E-state index in [-0.39, 0.29) is 0 Å². The van der Waals surface area contributed by atoms with Crippen molar-refractivity contribution in [3.63, 3.8) is 0 Å². The molecule has 2 aromatic carbocycles. The van der Waals surface area contributed by atoms with Crippen LogP contribution in [-0.4, -0.2) is 33.0 Å². The Balaban J connectivity index is 1.82. The van der Waals surface area contributed by atoms with Gasteiger partial charge in [0.15, 0.2) is 0 Å². The zero-order chi connectivity index (χ0) is 17.5. The summed E-state index contributed by atoms with van der Waals surface area (Å²) in [4.78, 5) is 7.03. The van der Waals surface area contributed by atoms with Crippen LogP contribution in [0.25, 0.3) is 0 Å². The first-order chi connectivity index (χ1) is 12.3. The van der Waals surface area contributed by atoms with Crippen LogP contribution in [0.5, 0.6) is 11.5 Å². The number of nitrogens with zero attached hydrogens (tertiary/aromatic N) is 2. The van der Waals surface area contributed by atoms with E-state index in [1.165, 1.54) is 24.9 Å². The topological polar surface area (TPSA) is 34.1 Å². The summed E-state index contributed by atoms with van der Waals surface area (Å²) in [6, 6.07) is 14.2. The highest BCUT2D eigenvalue weighted by Gasteiger charge is 2.13. The minimum Gasteiger partial charge on any atom is -0.496 e. The molecule has 0 amide bonds. The van der Waals surface area contributed by atoms with E-state index in [9.17, 15) is 0 Å². The van der Waals surface area contributed by atoms with Gasteiger partial charge in [-0.05, 0) is 50.5 Å². The molecule has 0 unspecified atom stereocenters. The number of para-hydroxylation sites is 2. The van der Waals surface area contributed by atoms with Gasteiger partial charge in [-0.2, -0.15) is 0 Å². The summed E-state index contributed by atoms with van der Waals surface area (Å²) in [5, 5.41) is 0. The molecular weight excluding hydrogens is 312 g/mol. The highest BCUT2D eigenvalue weighted by molar-refractivity contribution is 5.87. The molecule has 0 N–H and O–H groups in total. The van der Waals surface area contributed by atoms with Gasteiger partial charge in [0.1, 0.15) is 17.2 Å². The van der Waals surface area contributed by atoms with Crippen molar-refractivity contribution in [1.82, 2.24) is 0 Å². The van der Waals surface area contributed by atoms with Crippen LogP contribution < -0.4 is 14.4 Å². The molecule has 0 bridgehead atoms. The molecule has 4 heteroatoms. The predicted molar refractivity (Wildman–Crippen MR) is 104 cm³/mol. The monoisotopic (exact) mass is 338 g/mol. The Morgan fingerprint density at radius 1 is 1.04 bits per heavy atom. The molecule has 3 rings (SSSR count). The summed E-state index contributed by atoms with van der Waals surface area (Å²) in [7, 11) is 1.71. The van der Waals surface area contributed by atoms with Gasteiger partial charge in [0, 0.05) is 36.6 Å². The molecular formula is C21H26N2O2. The molecule has 0 radical (unpaired) electrons. The number of piperidine rings is 1. The van der Waals surface area contributed by atoms with E-state index >= 15 is 0 Å². The van der Waals surface area contributed by atoms with Crippen LogP contribution in [0.15, 0.2) is 47.5 Å². The molecule has 0 spiro atoms. The Labute approximate surface area is 150 Å². The number of methoxy groups -OCH3 is 1. The van der Waals surface area contributed by atoms with Crippen molar-refractivity contribution in [3.8, 4) is 11.5 Å². The van der Waals surface area contributed by atoms with Gasteiger partial charge in [-0.15, -0.1) is 0 Å². The van der Waals surface area contributed by atoms with Crippen LogP contribution in [0.2, 0.25) is 0 Å². The standard InChI is InChI=1S/C21H26N2O2/c1-3-25-20-10-6-5-9-19(20)22-16-17-11-12-18(15-21(17)24-2)23-13-7-4-8-14-23/h5-6,9-12,15-16H,3-4,7-8,13-14H2,1-2H3. The molecule has 4 nitrogen and oxygen atoms in total. The fourth-order valence-electron chi connectivity index (χ4n) is 3.14. The zero-order valence-electron chi connectivity index (χ0n) is 15.1. The fourth-order valence-corrected chi connectivity index (χ4v) is 3.14. The van der Waals surface area contributed by atoms with Crippen LogP contribution in [0.4, 0.5) is 11.4 Å². The van der Waals surface area contributed by atoms with E-state index < -0.39 is 0 Å². The van der Waals surface area contributed by atoms with Gasteiger partial charge in [0.05, 0.1) is 13.7 Å². The van der Waals surface area contributed by atoms with Crippen molar-refractivity contribution in [2.45, 2.75) is 26.2 Å². The van der Waals surface area contributed by atoms with Crippen molar-refractivity contribution in [2.75, 3.05) is 31.7 Å². The third-order valence-corrected chi connectivity index (χ3v) is 4.45. The second kappa shape index (κ2) is 8.56. The van der Waals surface area contributed by atoms with E-state index in [2.05, 4.69) is 28.1 Å². The molecule has 1 saturated heterocycles. The lowest BCUT2D eigenvalue weighted by atomic mass is 10.1. The lowest BCUT2D eigenvalue weighted by molar-refractivity contribution is 0.341. The maximum Gasteiger partial charge on any atom is 0.144 e. The number of hydrogen-bond donors (Lipinski definition) is 0. The summed E-state index contributed by atoms with van der Waals surface area (Å²) < 4.78 is 11.2. The molecule has 0 atom stereocenters. The SMILES string of the molecule is CCOc1ccccc1N=Cc1ccc(N2CCCCC2)cc1OC. The normalized spacial score (nSPS) is 14.7. The average molecular weight is 338 g/mol. The van der Waals surface area contributed by atoms with E-state index in [4.69, 9.17) is 9.47 Å². The van der Waals surface area contributed by atoms with Gasteiger partial charge < -0.3 is 14.4 Å². The van der Waals surface area contributed by atoms with Crippen molar-refractivity contribution < 1.29 is 9.47 Å². The van der Waals surface area contributed by atoms with E-state index in [1.54, 1.807) is 7.11 Å². The lowest BCUT2D eigenvalue weighted by Crippen LogP contribution is -2.29. The maximum absolute atomic E-state index is 5.63. The Hall–Kier alpha value is -2.49. The Morgan fingerprint density at radius 3 is 2.60 bits per heavy atom. The summed E-state index contributed by atoms with van der Waals surface area (Å²) in [5.74, 6) is 1.64. The molecule has 1 aliphatic rings. The summed E-state index contributed by atoms with van der Waals surface area (Å²) in [5.41, 5.74) is 3.02. The first-order valence-electron chi connectivity index (χ1n) is 9.00. The minimum absolute atomic E-state index is 0.625. The van der Waals surface area contributed by atoms with E-state index in [0.29, 0.717) is 6.61 Å². The highest BCUT2D eigenvalue weighted by Crippen LogP contribution is 2.29. The molecule has 0 aliphatic carbocycles. The third-order valence-electron chi connectivity index (χ3n) is 4.45. The number of ether oxygens (including phenoxy) is 2. The second-order valence-electron chi connectivity index (χ2n) is 6.13. The summed E-state index contributed by atoms with van der Waals surface area (Å²) in [6.45, 7) is 4.85. The van der Waals surface area contributed by atoms with Gasteiger partial charge in [0.25, 0.3) is 0 Å². The summed E-state index contributed by atoms with van der Waals surface area (Å²) in [6.07, 6.45) is 5.70. The van der Waals surface area contributed by atoms with Crippen LogP contribution >= 0.6 is 0 Å². The number of hydrogen-bond acceptors (Lipinski definition) is 4. The Kier molecular flexibility index (Phi) is 5.94. The summed E-state index contributed by atoms with van der Waals surface area (Å²) >= 11 is 0. The van der Waals surface area contributed by atoms with Crippen LogP contribution in [-0.2, 0) is 0 Å². The van der Waals surface area contributed by atoms with Gasteiger partial charge in [-0.3, -0.25) is 4.99 Å². The van der Waals surface area contributed by atoms with Gasteiger partial charge in [-0.25, -0.2) is 0 Å². The fraction of sp³-hybridized carbons (Fsp3) is 0.381. The molecule has 1 aliphatic heterocycles. The lowest BCUT2D eigenvalue weighted by Gasteiger charge is -2.29. The van der Waals surface area contributed by atoms with Crippen molar-refractivity contribution in [1.29, 1.82) is 0 Å². The molecule has 2 aromatic rings. The molecule has 1 fully saturated rings. The quantitative estimate of drug-likeness (QED) is 0.707. The predicted octanol–water partition coefficient (Wildman–Crippen LogP) is 4.83. The van der Waals surface area contributed by atoms with Crippen molar-refractivity contribution in [2.24, 2.45) is 4.99 Å². The molecule has 0 saturated carbocycles. The van der Waals surface area contributed by atoms with Crippen molar-refractivity contribution in [3.05, 3.63) is 48.0 Å². The highest BCUT2D eigenvalue weighted by atomic mass is 16.5. The largest absolute Gasteiger partial charge is 0.496 e. The average Bonchev–Trinajstić information content (AvgIpc) is 2.68. The number of aliphatic imine (C=N–C) groups is 1. The zero-order valence-corrected chi connectivity index (χ0v) is 15.1. The van der Waals surface area contributed by atoms with Gasteiger partial charge >= 0.3 is 0 Å². The molecule has 1 heterocycles. The molecule has 132 valence electrons. The first kappa shape index (κ1) is 17.3. The minimum atomic E-state index is 0.625. The van der Waals surface area contributed by atoms with E-state index in [0.717, 1.165) is 35.8 Å². The molecule has 25 heavy (non-hydrogen) atoms. The second-order valence-corrected chi connectivity index (χ2v) is 6.13. The van der Waals surface area contributed by atoms with Crippen LogP contribution in [0.3, 0.4) is 0 Å². The number of rotatable bonds is 6. The molecule has 0 aromatic heterocycles. The number of anilines is 1. The van der Waals surface area contributed by atoms with E-state index in [1.807, 2.05) is 37.4 Å². The smallest absolute Gasteiger partial charge is 0.144 e. The van der Waals surface area contributed by atoms with Gasteiger partial charge in [0.2, 0.25) is 0 Å². The maximum atomic E-state index is 5.63. The Morgan fingerprint density at radius 2 is 1.84 bits per heavy atom. The number of benzene rings is 2. The van der Waals surface area contributed by atoms with Crippen LogP contribution in [0.1, 0.15) is 31.7 Å². The van der Waals surface area contributed by atoms with Gasteiger partial charge in [-0.1, -0.05) is 12.1 Å². The Bertz CT molecular complexity index is 722. The third kappa shape index (κ3) is 4.32. The first-order valence-corrected chi connectivity index (χ1v) is 9.00. The van der Waals surface area contributed by atoms with Crippen LogP contribution in [0, 0.1) is 0 Å². The van der Waals surface area contributed by atoms with Crippen molar-refractivity contribution >= 4 is 17.6 Å².